The van der Waals surface area contributed by atoms with Crippen LogP contribution in [-0.4, -0.2) is 6.61 Å². The first-order chi connectivity index (χ1) is 16.8. The molecule has 0 amide bonds. The molecule has 4 nitrogen and oxygen atoms in total. The van der Waals surface area contributed by atoms with E-state index in [1.165, 1.54) is 0 Å². The molecular formula is C30H26O4. The maximum atomic E-state index is 6.23. The minimum atomic E-state index is 0.361. The van der Waals surface area contributed by atoms with Crippen LogP contribution < -0.4 is 14.2 Å². The first-order valence-electron chi connectivity index (χ1n) is 11.3. The van der Waals surface area contributed by atoms with Gasteiger partial charge in [-0.3, -0.25) is 0 Å². The molecule has 170 valence electrons. The van der Waals surface area contributed by atoms with E-state index in [1.54, 1.807) is 0 Å². The highest BCUT2D eigenvalue weighted by Gasteiger charge is 2.19. The quantitative estimate of drug-likeness (QED) is 0.281. The summed E-state index contributed by atoms with van der Waals surface area (Å²) >= 11 is 0. The zero-order valence-electron chi connectivity index (χ0n) is 18.9. The summed E-state index contributed by atoms with van der Waals surface area (Å²) in [5, 5.41) is 0. The molecule has 0 saturated heterocycles. The van der Waals surface area contributed by atoms with Gasteiger partial charge in [-0.05, 0) is 22.8 Å². The Kier molecular flexibility index (Phi) is 6.77. The van der Waals surface area contributed by atoms with Crippen molar-refractivity contribution >= 4 is 6.08 Å². The van der Waals surface area contributed by atoms with Crippen molar-refractivity contribution in [3.05, 3.63) is 131 Å². The summed E-state index contributed by atoms with van der Waals surface area (Å²) in [6.07, 6.45) is 2.00. The van der Waals surface area contributed by atoms with Gasteiger partial charge in [-0.1, -0.05) is 91.0 Å². The lowest BCUT2D eigenvalue weighted by Crippen LogP contribution is -2.11. The number of hydrogen-bond acceptors (Lipinski definition) is 4. The molecule has 0 unspecified atom stereocenters. The second-order valence-corrected chi connectivity index (χ2v) is 8.06. The molecule has 0 fully saturated rings. The smallest absolute Gasteiger partial charge is 0.145 e. The molecule has 0 aliphatic carbocycles. The molecule has 4 aromatic rings. The van der Waals surface area contributed by atoms with Crippen molar-refractivity contribution in [3.8, 4) is 17.2 Å². The molecule has 0 saturated carbocycles. The Morgan fingerprint density at radius 2 is 1.12 bits per heavy atom. The van der Waals surface area contributed by atoms with E-state index in [-0.39, 0.29) is 0 Å². The summed E-state index contributed by atoms with van der Waals surface area (Å²) in [5.74, 6) is 2.89. The fraction of sp³-hybridized carbons (Fsp3) is 0.133. The average molecular weight is 451 g/mol. The minimum Gasteiger partial charge on any atom is -0.490 e. The highest BCUT2D eigenvalue weighted by Crippen LogP contribution is 2.39. The minimum absolute atomic E-state index is 0.361. The number of rotatable bonds is 9. The Morgan fingerprint density at radius 1 is 0.588 bits per heavy atom. The van der Waals surface area contributed by atoms with Crippen molar-refractivity contribution in [2.24, 2.45) is 0 Å². The fourth-order valence-electron chi connectivity index (χ4n) is 3.70. The largest absolute Gasteiger partial charge is 0.490 e. The zero-order valence-corrected chi connectivity index (χ0v) is 18.9. The van der Waals surface area contributed by atoms with E-state index >= 15 is 0 Å². The molecule has 1 aliphatic heterocycles. The van der Waals surface area contributed by atoms with Gasteiger partial charge in [-0.2, -0.15) is 0 Å². The third-order valence-corrected chi connectivity index (χ3v) is 5.51. The maximum Gasteiger partial charge on any atom is 0.145 e. The molecule has 0 bridgehead atoms. The Balaban J connectivity index is 1.37. The average Bonchev–Trinajstić information content (AvgIpc) is 2.91. The number of fused-ring (bicyclic) bond motifs is 1. The highest BCUT2D eigenvalue weighted by atomic mass is 16.5. The molecule has 0 N–H and O–H groups in total. The summed E-state index contributed by atoms with van der Waals surface area (Å²) in [4.78, 5) is 0. The standard InChI is InChI=1S/C30H26O4/c1-4-10-23(11-5-1)19-31-26-17-29(33-21-25-14-8-3-9-15-25)28-16-27(22-34-30(28)18-26)32-20-24-12-6-2-7-13-24/h1-18H,19-22H2. The Morgan fingerprint density at radius 3 is 1.71 bits per heavy atom. The second kappa shape index (κ2) is 10.6. The number of hydrogen-bond donors (Lipinski definition) is 0. The van der Waals surface area contributed by atoms with E-state index in [0.29, 0.717) is 37.9 Å². The second-order valence-electron chi connectivity index (χ2n) is 8.06. The summed E-state index contributed by atoms with van der Waals surface area (Å²) in [6.45, 7) is 1.77. The third-order valence-electron chi connectivity index (χ3n) is 5.51. The molecule has 0 atom stereocenters. The van der Waals surface area contributed by atoms with Crippen molar-refractivity contribution in [1.82, 2.24) is 0 Å². The molecule has 0 radical (unpaired) electrons. The van der Waals surface area contributed by atoms with Crippen LogP contribution in [0.2, 0.25) is 0 Å². The Hall–Kier alpha value is -4.18. The molecule has 5 rings (SSSR count). The predicted octanol–water partition coefficient (Wildman–Crippen LogP) is 6.79. The van der Waals surface area contributed by atoms with Gasteiger partial charge in [-0.15, -0.1) is 0 Å². The van der Waals surface area contributed by atoms with Crippen molar-refractivity contribution in [1.29, 1.82) is 0 Å². The van der Waals surface area contributed by atoms with E-state index in [1.807, 2.05) is 109 Å². The molecule has 0 spiro atoms. The lowest BCUT2D eigenvalue weighted by atomic mass is 10.1. The van der Waals surface area contributed by atoms with Crippen molar-refractivity contribution in [3.63, 3.8) is 0 Å². The van der Waals surface area contributed by atoms with Crippen LogP contribution in [0.4, 0.5) is 0 Å². The number of ether oxygens (including phenoxy) is 4. The summed E-state index contributed by atoms with van der Waals surface area (Å²) in [5.41, 5.74) is 4.16. The Labute approximate surface area is 200 Å². The van der Waals surface area contributed by atoms with Crippen molar-refractivity contribution < 1.29 is 18.9 Å². The van der Waals surface area contributed by atoms with Crippen molar-refractivity contribution in [2.45, 2.75) is 19.8 Å². The van der Waals surface area contributed by atoms with Gasteiger partial charge in [-0.25, -0.2) is 0 Å². The van der Waals surface area contributed by atoms with Crippen molar-refractivity contribution in [2.75, 3.05) is 6.61 Å². The summed E-state index contributed by atoms with van der Waals surface area (Å²) in [7, 11) is 0. The highest BCUT2D eigenvalue weighted by molar-refractivity contribution is 5.69. The molecule has 0 aromatic heterocycles. The predicted molar refractivity (Wildman–Crippen MR) is 133 cm³/mol. The normalized spacial score (nSPS) is 12.2. The van der Waals surface area contributed by atoms with Gasteiger partial charge in [0.15, 0.2) is 0 Å². The van der Waals surface area contributed by atoms with Crippen LogP contribution in [0.25, 0.3) is 6.08 Å². The van der Waals surface area contributed by atoms with Crippen LogP contribution in [0.3, 0.4) is 0 Å². The maximum absolute atomic E-state index is 6.23. The van der Waals surface area contributed by atoms with Gasteiger partial charge in [0.05, 0.1) is 5.56 Å². The topological polar surface area (TPSA) is 36.9 Å². The van der Waals surface area contributed by atoms with Crippen LogP contribution in [0.5, 0.6) is 17.2 Å². The lowest BCUT2D eigenvalue weighted by Gasteiger charge is -2.22. The fourth-order valence-corrected chi connectivity index (χ4v) is 3.70. The third kappa shape index (κ3) is 5.59. The SMILES string of the molecule is C1=C(OCc2ccccc2)COc2cc(OCc3ccccc3)cc(OCc3ccccc3)c21. The zero-order chi connectivity index (χ0) is 23.0. The Bertz CT molecular complexity index is 1240. The summed E-state index contributed by atoms with van der Waals surface area (Å²) < 4.78 is 24.4. The van der Waals surface area contributed by atoms with Gasteiger partial charge >= 0.3 is 0 Å². The van der Waals surface area contributed by atoms with E-state index < -0.39 is 0 Å². The van der Waals surface area contributed by atoms with Gasteiger partial charge in [0.1, 0.15) is 49.4 Å². The van der Waals surface area contributed by atoms with Gasteiger partial charge in [0.2, 0.25) is 0 Å². The van der Waals surface area contributed by atoms with Gasteiger partial charge < -0.3 is 18.9 Å². The lowest BCUT2D eigenvalue weighted by molar-refractivity contribution is 0.157. The molecule has 4 aromatic carbocycles. The van der Waals surface area contributed by atoms with E-state index in [2.05, 4.69) is 0 Å². The van der Waals surface area contributed by atoms with Crippen LogP contribution >= 0.6 is 0 Å². The van der Waals surface area contributed by atoms with Gasteiger partial charge in [0.25, 0.3) is 0 Å². The molecular weight excluding hydrogens is 424 g/mol. The van der Waals surface area contributed by atoms with Crippen LogP contribution in [-0.2, 0) is 24.6 Å². The monoisotopic (exact) mass is 450 g/mol. The van der Waals surface area contributed by atoms with E-state index in [0.717, 1.165) is 33.8 Å². The molecule has 34 heavy (non-hydrogen) atoms. The van der Waals surface area contributed by atoms with E-state index in [4.69, 9.17) is 18.9 Å². The molecule has 4 heteroatoms. The van der Waals surface area contributed by atoms with Crippen LogP contribution in [0.15, 0.2) is 109 Å². The van der Waals surface area contributed by atoms with Crippen LogP contribution in [0, 0.1) is 0 Å². The first-order valence-corrected chi connectivity index (χ1v) is 11.3. The first kappa shape index (κ1) is 21.7. The number of benzene rings is 4. The molecule has 1 aliphatic rings. The van der Waals surface area contributed by atoms with Crippen LogP contribution in [0.1, 0.15) is 22.3 Å². The van der Waals surface area contributed by atoms with E-state index in [9.17, 15) is 0 Å². The molecule has 1 heterocycles. The summed E-state index contributed by atoms with van der Waals surface area (Å²) in [6, 6.07) is 34.1. The van der Waals surface area contributed by atoms with Gasteiger partial charge in [0, 0.05) is 12.1 Å².